The Kier molecular flexibility index (Phi) is 2.94. The molecule has 0 spiro atoms. The predicted molar refractivity (Wildman–Crippen MR) is 66.9 cm³/mol. The SMILES string of the molecule is NC1CCCN(c2ncc3c(n2)CCNC3)C1. The van der Waals surface area contributed by atoms with E-state index >= 15 is 0 Å². The maximum Gasteiger partial charge on any atom is 0.225 e. The van der Waals surface area contributed by atoms with Crippen molar-refractivity contribution in [1.82, 2.24) is 15.3 Å². The Labute approximate surface area is 101 Å². The summed E-state index contributed by atoms with van der Waals surface area (Å²) >= 11 is 0. The molecule has 1 unspecified atom stereocenters. The van der Waals surface area contributed by atoms with E-state index in [1.807, 2.05) is 6.20 Å². The minimum absolute atomic E-state index is 0.269. The van der Waals surface area contributed by atoms with E-state index in [4.69, 9.17) is 10.7 Å². The highest BCUT2D eigenvalue weighted by Gasteiger charge is 2.20. The lowest BCUT2D eigenvalue weighted by Crippen LogP contribution is -2.43. The monoisotopic (exact) mass is 233 g/mol. The van der Waals surface area contributed by atoms with E-state index < -0.39 is 0 Å². The average molecular weight is 233 g/mol. The van der Waals surface area contributed by atoms with E-state index in [0.717, 1.165) is 51.4 Å². The summed E-state index contributed by atoms with van der Waals surface area (Å²) in [5.74, 6) is 0.862. The molecule has 1 aromatic rings. The quantitative estimate of drug-likeness (QED) is 0.717. The summed E-state index contributed by atoms with van der Waals surface area (Å²) in [6.45, 7) is 3.83. The lowest BCUT2D eigenvalue weighted by Gasteiger charge is -2.31. The molecule has 3 N–H and O–H groups in total. The van der Waals surface area contributed by atoms with Crippen LogP contribution >= 0.6 is 0 Å². The third kappa shape index (κ3) is 2.25. The van der Waals surface area contributed by atoms with Gasteiger partial charge in [0.25, 0.3) is 0 Å². The molecule has 0 aliphatic carbocycles. The fourth-order valence-corrected chi connectivity index (χ4v) is 2.57. The lowest BCUT2D eigenvalue weighted by atomic mass is 10.1. The first kappa shape index (κ1) is 10.9. The number of anilines is 1. The average Bonchev–Trinajstić information content (AvgIpc) is 2.38. The van der Waals surface area contributed by atoms with Crippen LogP contribution in [0.4, 0.5) is 5.95 Å². The minimum atomic E-state index is 0.269. The maximum atomic E-state index is 5.99. The summed E-state index contributed by atoms with van der Waals surface area (Å²) in [5.41, 5.74) is 8.43. The van der Waals surface area contributed by atoms with Crippen LogP contribution < -0.4 is 16.0 Å². The van der Waals surface area contributed by atoms with Gasteiger partial charge in [0.2, 0.25) is 5.95 Å². The lowest BCUT2D eigenvalue weighted by molar-refractivity contribution is 0.498. The highest BCUT2D eigenvalue weighted by Crippen LogP contribution is 2.18. The first-order chi connectivity index (χ1) is 8.33. The number of nitrogens with two attached hydrogens (primary N) is 1. The Morgan fingerprint density at radius 2 is 2.41 bits per heavy atom. The summed E-state index contributed by atoms with van der Waals surface area (Å²) in [4.78, 5) is 11.4. The second-order valence-electron chi connectivity index (χ2n) is 4.92. The van der Waals surface area contributed by atoms with Crippen molar-refractivity contribution < 1.29 is 0 Å². The molecule has 1 fully saturated rings. The molecule has 17 heavy (non-hydrogen) atoms. The number of hydrogen-bond donors (Lipinski definition) is 2. The van der Waals surface area contributed by atoms with Crippen molar-refractivity contribution in [2.75, 3.05) is 24.5 Å². The van der Waals surface area contributed by atoms with Crippen LogP contribution in [0.1, 0.15) is 24.1 Å². The zero-order valence-corrected chi connectivity index (χ0v) is 10.0. The third-order valence-electron chi connectivity index (χ3n) is 3.54. The van der Waals surface area contributed by atoms with Crippen LogP contribution in [0.15, 0.2) is 6.20 Å². The Balaban J connectivity index is 1.83. The molecule has 0 aromatic carbocycles. The van der Waals surface area contributed by atoms with Crippen LogP contribution in [0.3, 0.4) is 0 Å². The zero-order chi connectivity index (χ0) is 11.7. The molecule has 3 heterocycles. The molecule has 92 valence electrons. The van der Waals surface area contributed by atoms with Crippen molar-refractivity contribution >= 4 is 5.95 Å². The largest absolute Gasteiger partial charge is 0.339 e. The molecule has 2 aliphatic rings. The van der Waals surface area contributed by atoms with Crippen LogP contribution in [0.25, 0.3) is 0 Å². The summed E-state index contributed by atoms with van der Waals surface area (Å²) in [6, 6.07) is 0.269. The molecule has 0 amide bonds. The Bertz CT molecular complexity index is 406. The Hall–Kier alpha value is -1.20. The molecular weight excluding hydrogens is 214 g/mol. The van der Waals surface area contributed by atoms with Crippen molar-refractivity contribution in [3.8, 4) is 0 Å². The van der Waals surface area contributed by atoms with E-state index in [9.17, 15) is 0 Å². The van der Waals surface area contributed by atoms with E-state index in [1.165, 1.54) is 11.3 Å². The normalized spacial score (nSPS) is 24.5. The van der Waals surface area contributed by atoms with Crippen molar-refractivity contribution in [2.45, 2.75) is 31.8 Å². The van der Waals surface area contributed by atoms with Crippen LogP contribution in [-0.4, -0.2) is 35.6 Å². The number of rotatable bonds is 1. The topological polar surface area (TPSA) is 67.1 Å². The van der Waals surface area contributed by atoms with Gasteiger partial charge in [0.1, 0.15) is 0 Å². The van der Waals surface area contributed by atoms with Gasteiger partial charge in [0.15, 0.2) is 0 Å². The van der Waals surface area contributed by atoms with Gasteiger partial charge in [-0.25, -0.2) is 9.97 Å². The molecule has 0 radical (unpaired) electrons. The highest BCUT2D eigenvalue weighted by molar-refractivity contribution is 5.35. The van der Waals surface area contributed by atoms with E-state index in [2.05, 4.69) is 15.2 Å². The molecule has 5 nitrogen and oxygen atoms in total. The number of aromatic nitrogens is 2. The predicted octanol–water partition coefficient (Wildman–Crippen LogP) is 0.0498. The van der Waals surface area contributed by atoms with Gasteiger partial charge in [-0.1, -0.05) is 0 Å². The smallest absolute Gasteiger partial charge is 0.225 e. The summed E-state index contributed by atoms with van der Waals surface area (Å²) in [6.07, 6.45) is 5.23. The fraction of sp³-hybridized carbons (Fsp3) is 0.667. The van der Waals surface area contributed by atoms with Gasteiger partial charge in [-0.3, -0.25) is 0 Å². The van der Waals surface area contributed by atoms with Crippen molar-refractivity contribution in [2.24, 2.45) is 5.73 Å². The number of nitrogens with zero attached hydrogens (tertiary/aromatic N) is 3. The highest BCUT2D eigenvalue weighted by atomic mass is 15.3. The summed E-state index contributed by atoms with van der Waals surface area (Å²) in [5, 5.41) is 3.33. The molecule has 1 atom stereocenters. The van der Waals surface area contributed by atoms with Crippen molar-refractivity contribution in [3.05, 3.63) is 17.5 Å². The molecular formula is C12H19N5. The molecule has 0 bridgehead atoms. The maximum absolute atomic E-state index is 5.99. The van der Waals surface area contributed by atoms with Crippen LogP contribution in [0.2, 0.25) is 0 Å². The molecule has 2 aliphatic heterocycles. The summed E-state index contributed by atoms with van der Waals surface area (Å²) < 4.78 is 0. The minimum Gasteiger partial charge on any atom is -0.339 e. The zero-order valence-electron chi connectivity index (χ0n) is 10.0. The van der Waals surface area contributed by atoms with E-state index in [1.54, 1.807) is 0 Å². The van der Waals surface area contributed by atoms with Gasteiger partial charge in [-0.05, 0) is 12.8 Å². The second-order valence-corrected chi connectivity index (χ2v) is 4.92. The van der Waals surface area contributed by atoms with Crippen LogP contribution in [-0.2, 0) is 13.0 Å². The van der Waals surface area contributed by atoms with Crippen LogP contribution in [0, 0.1) is 0 Å². The first-order valence-electron chi connectivity index (χ1n) is 6.39. The Morgan fingerprint density at radius 1 is 1.47 bits per heavy atom. The number of piperidine rings is 1. The number of nitrogens with one attached hydrogen (secondary N) is 1. The standard InChI is InChI=1S/C12H19N5/c13-10-2-1-5-17(8-10)12-15-7-9-6-14-4-3-11(9)16-12/h7,10,14H,1-6,8,13H2. The molecule has 1 aromatic heterocycles. The van der Waals surface area contributed by atoms with Gasteiger partial charge in [0, 0.05) is 50.4 Å². The van der Waals surface area contributed by atoms with Gasteiger partial charge >= 0.3 is 0 Å². The fourth-order valence-electron chi connectivity index (χ4n) is 2.57. The number of fused-ring (bicyclic) bond motifs is 1. The van der Waals surface area contributed by atoms with Gasteiger partial charge < -0.3 is 16.0 Å². The van der Waals surface area contributed by atoms with Gasteiger partial charge in [-0.15, -0.1) is 0 Å². The van der Waals surface area contributed by atoms with Crippen molar-refractivity contribution in [1.29, 1.82) is 0 Å². The Morgan fingerprint density at radius 3 is 3.29 bits per heavy atom. The molecule has 1 saturated heterocycles. The molecule has 3 rings (SSSR count). The van der Waals surface area contributed by atoms with Crippen LogP contribution in [0.5, 0.6) is 0 Å². The van der Waals surface area contributed by atoms with Gasteiger partial charge in [0.05, 0.1) is 5.69 Å². The first-order valence-corrected chi connectivity index (χ1v) is 6.39. The molecule has 0 saturated carbocycles. The third-order valence-corrected chi connectivity index (χ3v) is 3.54. The molecule has 5 heteroatoms. The van der Waals surface area contributed by atoms with E-state index in [0.29, 0.717) is 0 Å². The summed E-state index contributed by atoms with van der Waals surface area (Å²) in [7, 11) is 0. The number of hydrogen-bond acceptors (Lipinski definition) is 5. The van der Waals surface area contributed by atoms with E-state index in [-0.39, 0.29) is 6.04 Å². The second kappa shape index (κ2) is 4.58. The van der Waals surface area contributed by atoms with Crippen molar-refractivity contribution in [3.63, 3.8) is 0 Å². The van der Waals surface area contributed by atoms with Gasteiger partial charge in [-0.2, -0.15) is 0 Å².